The molecule has 1 rings (SSSR count). The molecule has 0 bridgehead atoms. The molecule has 1 aromatic rings. The Balaban J connectivity index is 3.06. The van der Waals surface area contributed by atoms with Gasteiger partial charge in [0.1, 0.15) is 11.6 Å². The molecular formula is C11H12F4O2. The van der Waals surface area contributed by atoms with Crippen LogP contribution in [0, 0.1) is 5.82 Å². The Labute approximate surface area is 95.8 Å². The Kier molecular flexibility index (Phi) is 4.34. The molecule has 96 valence electrons. The number of benzene rings is 1. The van der Waals surface area contributed by atoms with Crippen LogP contribution in [-0.2, 0) is 0 Å². The summed E-state index contributed by atoms with van der Waals surface area (Å²) in [6.07, 6.45) is -7.00. The van der Waals surface area contributed by atoms with E-state index in [9.17, 15) is 17.6 Å². The van der Waals surface area contributed by atoms with Crippen LogP contribution in [0.3, 0.4) is 0 Å². The fourth-order valence-electron chi connectivity index (χ4n) is 1.25. The average Bonchev–Trinajstić information content (AvgIpc) is 2.25. The van der Waals surface area contributed by atoms with Gasteiger partial charge in [-0.25, -0.2) is 4.39 Å². The molecule has 0 heterocycles. The maximum atomic E-state index is 12.9. The highest BCUT2D eigenvalue weighted by atomic mass is 19.4. The van der Waals surface area contributed by atoms with E-state index in [1.54, 1.807) is 6.92 Å². The lowest BCUT2D eigenvalue weighted by molar-refractivity contribution is -0.207. The van der Waals surface area contributed by atoms with Crippen molar-refractivity contribution in [2.45, 2.75) is 25.6 Å². The predicted molar refractivity (Wildman–Crippen MR) is 53.2 cm³/mol. The van der Waals surface area contributed by atoms with Crippen LogP contribution >= 0.6 is 0 Å². The van der Waals surface area contributed by atoms with E-state index in [0.717, 1.165) is 12.1 Å². The van der Waals surface area contributed by atoms with Gasteiger partial charge in [-0.1, -0.05) is 6.92 Å². The highest BCUT2D eigenvalue weighted by Crippen LogP contribution is 2.37. The minimum atomic E-state index is -4.85. The molecule has 2 nitrogen and oxygen atoms in total. The number of alkyl halides is 3. The molecule has 17 heavy (non-hydrogen) atoms. The minimum absolute atomic E-state index is 0.155. The quantitative estimate of drug-likeness (QED) is 0.834. The zero-order chi connectivity index (χ0) is 13.1. The van der Waals surface area contributed by atoms with Crippen molar-refractivity contribution in [1.82, 2.24) is 0 Å². The van der Waals surface area contributed by atoms with Crippen LogP contribution in [0.2, 0.25) is 0 Å². The van der Waals surface area contributed by atoms with E-state index in [2.05, 4.69) is 0 Å². The summed E-state index contributed by atoms with van der Waals surface area (Å²) in [6, 6.07) is 2.69. The topological polar surface area (TPSA) is 29.5 Å². The summed E-state index contributed by atoms with van der Waals surface area (Å²) in [5, 5.41) is 9.09. The van der Waals surface area contributed by atoms with Gasteiger partial charge in [0, 0.05) is 5.56 Å². The number of aliphatic hydroxyl groups excluding tert-OH is 1. The molecule has 0 aliphatic heterocycles. The standard InChI is InChI=1S/C11H12F4O2/c1-2-5-17-9-4-3-7(12)6-8(9)10(16)11(13,14)15/h3-4,6,10,16H,2,5H2,1H3. The van der Waals surface area contributed by atoms with Crippen LogP contribution in [0.15, 0.2) is 18.2 Å². The summed E-state index contributed by atoms with van der Waals surface area (Å²) >= 11 is 0. The maximum absolute atomic E-state index is 12.9. The monoisotopic (exact) mass is 252 g/mol. The molecule has 0 amide bonds. The fraction of sp³-hybridized carbons (Fsp3) is 0.455. The van der Waals surface area contributed by atoms with E-state index < -0.39 is 23.7 Å². The van der Waals surface area contributed by atoms with Crippen molar-refractivity contribution in [3.05, 3.63) is 29.6 Å². The number of ether oxygens (including phenoxy) is 1. The highest BCUT2D eigenvalue weighted by molar-refractivity contribution is 5.36. The fourth-order valence-corrected chi connectivity index (χ4v) is 1.25. The third-order valence-corrected chi connectivity index (χ3v) is 2.04. The van der Waals surface area contributed by atoms with Gasteiger partial charge in [0.15, 0.2) is 6.10 Å². The normalized spacial score (nSPS) is 13.5. The van der Waals surface area contributed by atoms with E-state index in [1.165, 1.54) is 0 Å². The molecule has 1 aromatic carbocycles. The zero-order valence-corrected chi connectivity index (χ0v) is 9.09. The maximum Gasteiger partial charge on any atom is 0.418 e. The molecule has 1 unspecified atom stereocenters. The van der Waals surface area contributed by atoms with Gasteiger partial charge in [-0.05, 0) is 24.6 Å². The van der Waals surface area contributed by atoms with Crippen LogP contribution < -0.4 is 4.74 Å². The SMILES string of the molecule is CCCOc1ccc(F)cc1C(O)C(F)(F)F. The first-order valence-corrected chi connectivity index (χ1v) is 5.03. The van der Waals surface area contributed by atoms with Gasteiger partial charge in [0.25, 0.3) is 0 Å². The van der Waals surface area contributed by atoms with Crippen LogP contribution in [0.1, 0.15) is 25.0 Å². The van der Waals surface area contributed by atoms with E-state index >= 15 is 0 Å². The molecule has 0 aromatic heterocycles. The first-order chi connectivity index (χ1) is 7.86. The Hall–Kier alpha value is -1.30. The number of hydrogen-bond donors (Lipinski definition) is 1. The number of rotatable bonds is 4. The van der Waals surface area contributed by atoms with E-state index in [4.69, 9.17) is 9.84 Å². The van der Waals surface area contributed by atoms with Crippen molar-refractivity contribution in [3.8, 4) is 5.75 Å². The van der Waals surface area contributed by atoms with Gasteiger partial charge in [-0.2, -0.15) is 13.2 Å². The zero-order valence-electron chi connectivity index (χ0n) is 9.09. The highest BCUT2D eigenvalue weighted by Gasteiger charge is 2.41. The van der Waals surface area contributed by atoms with E-state index in [0.29, 0.717) is 12.5 Å². The second kappa shape index (κ2) is 5.35. The third kappa shape index (κ3) is 3.59. The average molecular weight is 252 g/mol. The molecule has 0 saturated heterocycles. The van der Waals surface area contributed by atoms with Crippen molar-refractivity contribution >= 4 is 0 Å². The summed E-state index contributed by atoms with van der Waals surface area (Å²) in [7, 11) is 0. The van der Waals surface area contributed by atoms with Gasteiger partial charge in [0.2, 0.25) is 0 Å². The summed E-state index contributed by atoms with van der Waals surface area (Å²) in [5.41, 5.74) is -0.606. The third-order valence-electron chi connectivity index (χ3n) is 2.04. The molecule has 1 atom stereocenters. The van der Waals surface area contributed by atoms with Crippen LogP contribution in [0.4, 0.5) is 17.6 Å². The Morgan fingerprint density at radius 3 is 2.53 bits per heavy atom. The first-order valence-electron chi connectivity index (χ1n) is 5.03. The van der Waals surface area contributed by atoms with E-state index in [-0.39, 0.29) is 12.4 Å². The Morgan fingerprint density at radius 2 is 2.00 bits per heavy atom. The van der Waals surface area contributed by atoms with Gasteiger partial charge < -0.3 is 9.84 Å². The largest absolute Gasteiger partial charge is 0.493 e. The summed E-state index contributed by atoms with van der Waals surface area (Å²) in [5.74, 6) is -1.01. The minimum Gasteiger partial charge on any atom is -0.493 e. The predicted octanol–water partition coefficient (Wildman–Crippen LogP) is 3.21. The number of aliphatic hydroxyl groups is 1. The first kappa shape index (κ1) is 13.8. The van der Waals surface area contributed by atoms with Gasteiger partial charge in [-0.3, -0.25) is 0 Å². The molecule has 0 aliphatic carbocycles. The van der Waals surface area contributed by atoms with Crippen molar-refractivity contribution < 1.29 is 27.4 Å². The van der Waals surface area contributed by atoms with Crippen LogP contribution in [-0.4, -0.2) is 17.9 Å². The summed E-state index contributed by atoms with van der Waals surface area (Å²) in [4.78, 5) is 0. The van der Waals surface area contributed by atoms with Crippen molar-refractivity contribution in [1.29, 1.82) is 0 Å². The smallest absolute Gasteiger partial charge is 0.418 e. The molecule has 0 aliphatic rings. The molecular weight excluding hydrogens is 240 g/mol. The number of halogens is 4. The Morgan fingerprint density at radius 1 is 1.35 bits per heavy atom. The lowest BCUT2D eigenvalue weighted by Crippen LogP contribution is -2.21. The van der Waals surface area contributed by atoms with E-state index in [1.807, 2.05) is 0 Å². The van der Waals surface area contributed by atoms with Crippen LogP contribution in [0.5, 0.6) is 5.75 Å². The second-order valence-electron chi connectivity index (χ2n) is 3.47. The second-order valence-corrected chi connectivity index (χ2v) is 3.47. The number of hydrogen-bond acceptors (Lipinski definition) is 2. The van der Waals surface area contributed by atoms with Crippen LogP contribution in [0.25, 0.3) is 0 Å². The summed E-state index contributed by atoms with van der Waals surface area (Å²) < 4.78 is 54.9. The molecule has 6 heteroatoms. The molecule has 0 saturated carbocycles. The molecule has 0 fully saturated rings. The lowest BCUT2D eigenvalue weighted by Gasteiger charge is -2.18. The molecule has 0 spiro atoms. The van der Waals surface area contributed by atoms with Crippen molar-refractivity contribution in [2.24, 2.45) is 0 Å². The van der Waals surface area contributed by atoms with Gasteiger partial charge >= 0.3 is 6.18 Å². The molecule has 0 radical (unpaired) electrons. The Bertz CT molecular complexity index is 376. The van der Waals surface area contributed by atoms with Crippen molar-refractivity contribution in [3.63, 3.8) is 0 Å². The summed E-state index contributed by atoms with van der Waals surface area (Å²) in [6.45, 7) is 1.98. The van der Waals surface area contributed by atoms with Crippen molar-refractivity contribution in [2.75, 3.05) is 6.61 Å². The van der Waals surface area contributed by atoms with Gasteiger partial charge in [0.05, 0.1) is 6.61 Å². The van der Waals surface area contributed by atoms with Gasteiger partial charge in [-0.15, -0.1) is 0 Å². The lowest BCUT2D eigenvalue weighted by atomic mass is 10.1. The molecule has 1 N–H and O–H groups in total.